The van der Waals surface area contributed by atoms with Crippen LogP contribution in [0.15, 0.2) is 29.6 Å². The Morgan fingerprint density at radius 3 is 2.70 bits per heavy atom. The molecule has 30 heavy (non-hydrogen) atoms. The first-order chi connectivity index (χ1) is 14.4. The van der Waals surface area contributed by atoms with Gasteiger partial charge in [-0.05, 0) is 24.6 Å². The average Bonchev–Trinajstić information content (AvgIpc) is 3.10. The number of amides is 1. The maximum atomic E-state index is 13.3. The van der Waals surface area contributed by atoms with Crippen LogP contribution in [-0.4, -0.2) is 44.0 Å². The number of fused-ring (bicyclic) bond motifs is 1. The molecule has 3 aromatic rings. The molecule has 0 unspecified atom stereocenters. The molecule has 0 atom stereocenters. The predicted molar refractivity (Wildman–Crippen MR) is 114 cm³/mol. The second-order valence-corrected chi connectivity index (χ2v) is 8.48. The Labute approximate surface area is 177 Å². The Morgan fingerprint density at radius 2 is 2.00 bits per heavy atom. The van der Waals surface area contributed by atoms with Crippen LogP contribution in [0.5, 0.6) is 0 Å². The molecule has 2 heterocycles. The van der Waals surface area contributed by atoms with Crippen LogP contribution < -0.4 is 10.6 Å². The van der Waals surface area contributed by atoms with Crippen molar-refractivity contribution in [2.75, 3.05) is 18.4 Å². The summed E-state index contributed by atoms with van der Waals surface area (Å²) in [7, 11) is 0. The SMILES string of the molecule is CCCNc1nc(SC(C)C)nc2c1cnn2CCNC(=O)c1ccc(F)c(F)c1. The van der Waals surface area contributed by atoms with Crippen molar-refractivity contribution in [2.24, 2.45) is 0 Å². The van der Waals surface area contributed by atoms with Crippen LogP contribution in [0.1, 0.15) is 37.6 Å². The standard InChI is InChI=1S/C20H24F2N6OS/c1-4-7-23-17-14-11-25-28(18(14)27-20(26-17)30-12(2)3)9-8-24-19(29)13-5-6-15(21)16(22)10-13/h5-6,10-12H,4,7-9H2,1-3H3,(H,24,29)(H,23,26,27). The van der Waals surface area contributed by atoms with E-state index in [1.54, 1.807) is 22.6 Å². The summed E-state index contributed by atoms with van der Waals surface area (Å²) in [6.07, 6.45) is 2.66. The first kappa shape index (κ1) is 21.9. The van der Waals surface area contributed by atoms with Gasteiger partial charge in [0.25, 0.3) is 5.91 Å². The number of halogens is 2. The van der Waals surface area contributed by atoms with E-state index >= 15 is 0 Å². The molecule has 0 radical (unpaired) electrons. The second-order valence-electron chi connectivity index (χ2n) is 6.94. The highest BCUT2D eigenvalue weighted by Crippen LogP contribution is 2.26. The van der Waals surface area contributed by atoms with Crippen LogP contribution in [0.3, 0.4) is 0 Å². The van der Waals surface area contributed by atoms with Gasteiger partial charge in [-0.1, -0.05) is 32.5 Å². The largest absolute Gasteiger partial charge is 0.369 e. The van der Waals surface area contributed by atoms with Gasteiger partial charge in [-0.2, -0.15) is 5.10 Å². The minimum atomic E-state index is -1.06. The molecule has 0 saturated carbocycles. The lowest BCUT2D eigenvalue weighted by atomic mass is 10.2. The van der Waals surface area contributed by atoms with Crippen molar-refractivity contribution in [3.05, 3.63) is 41.6 Å². The molecule has 0 spiro atoms. The molecule has 0 saturated heterocycles. The van der Waals surface area contributed by atoms with Crippen molar-refractivity contribution in [3.8, 4) is 0 Å². The summed E-state index contributed by atoms with van der Waals surface area (Å²) < 4.78 is 28.1. The summed E-state index contributed by atoms with van der Waals surface area (Å²) in [6, 6.07) is 3.05. The Bertz CT molecular complexity index is 1040. The van der Waals surface area contributed by atoms with Crippen LogP contribution in [-0.2, 0) is 6.54 Å². The van der Waals surface area contributed by atoms with E-state index in [9.17, 15) is 13.6 Å². The van der Waals surface area contributed by atoms with E-state index in [0.29, 0.717) is 22.6 Å². The molecule has 10 heteroatoms. The van der Waals surface area contributed by atoms with E-state index in [1.165, 1.54) is 6.07 Å². The Balaban J connectivity index is 1.75. The molecule has 0 aliphatic carbocycles. The lowest BCUT2D eigenvalue weighted by Gasteiger charge is -2.10. The number of nitrogens with zero attached hydrogens (tertiary/aromatic N) is 4. The smallest absolute Gasteiger partial charge is 0.251 e. The topological polar surface area (TPSA) is 84.7 Å². The number of benzene rings is 1. The molecule has 3 rings (SSSR count). The van der Waals surface area contributed by atoms with Gasteiger partial charge in [0.2, 0.25) is 0 Å². The molecule has 0 aliphatic rings. The lowest BCUT2D eigenvalue weighted by molar-refractivity contribution is 0.0951. The molecular weight excluding hydrogens is 410 g/mol. The zero-order chi connectivity index (χ0) is 21.7. The summed E-state index contributed by atoms with van der Waals surface area (Å²) in [5.41, 5.74) is 0.733. The third-order valence-electron chi connectivity index (χ3n) is 4.15. The number of nitrogens with one attached hydrogen (secondary N) is 2. The third kappa shape index (κ3) is 5.24. The fourth-order valence-electron chi connectivity index (χ4n) is 2.76. The van der Waals surface area contributed by atoms with Gasteiger partial charge < -0.3 is 10.6 Å². The first-order valence-corrected chi connectivity index (χ1v) is 10.6. The van der Waals surface area contributed by atoms with E-state index < -0.39 is 17.5 Å². The minimum Gasteiger partial charge on any atom is -0.369 e. The maximum absolute atomic E-state index is 13.3. The van der Waals surface area contributed by atoms with Gasteiger partial charge in [-0.3, -0.25) is 4.79 Å². The van der Waals surface area contributed by atoms with Crippen LogP contribution >= 0.6 is 11.8 Å². The number of aromatic nitrogens is 4. The normalized spacial score (nSPS) is 11.3. The molecule has 2 N–H and O–H groups in total. The van der Waals surface area contributed by atoms with Crippen LogP contribution in [0.4, 0.5) is 14.6 Å². The number of hydrogen-bond acceptors (Lipinski definition) is 6. The Morgan fingerprint density at radius 1 is 1.20 bits per heavy atom. The fourth-order valence-corrected chi connectivity index (χ4v) is 3.46. The number of anilines is 1. The maximum Gasteiger partial charge on any atom is 0.251 e. The summed E-state index contributed by atoms with van der Waals surface area (Å²) in [5.74, 6) is -1.79. The van der Waals surface area contributed by atoms with Crippen molar-refractivity contribution in [2.45, 2.75) is 44.1 Å². The van der Waals surface area contributed by atoms with E-state index in [1.807, 2.05) is 0 Å². The molecule has 0 fully saturated rings. The first-order valence-electron chi connectivity index (χ1n) is 9.76. The molecular formula is C20H24F2N6OS. The molecule has 0 bridgehead atoms. The van der Waals surface area contributed by atoms with Gasteiger partial charge in [0, 0.05) is 23.9 Å². The number of hydrogen-bond donors (Lipinski definition) is 2. The van der Waals surface area contributed by atoms with Crippen LogP contribution in [0.2, 0.25) is 0 Å². The Hall–Kier alpha value is -2.75. The van der Waals surface area contributed by atoms with Crippen molar-refractivity contribution in [3.63, 3.8) is 0 Å². The van der Waals surface area contributed by atoms with E-state index in [0.717, 1.165) is 36.3 Å². The summed E-state index contributed by atoms with van der Waals surface area (Å²) in [6.45, 7) is 7.63. The molecule has 160 valence electrons. The molecule has 0 aliphatic heterocycles. The van der Waals surface area contributed by atoms with Gasteiger partial charge in [-0.15, -0.1) is 0 Å². The number of thioether (sulfide) groups is 1. The highest BCUT2D eigenvalue weighted by atomic mass is 32.2. The highest BCUT2D eigenvalue weighted by molar-refractivity contribution is 7.99. The van der Waals surface area contributed by atoms with Gasteiger partial charge in [0.05, 0.1) is 18.1 Å². The van der Waals surface area contributed by atoms with E-state index in [2.05, 4.69) is 46.5 Å². The Kier molecular flexibility index (Phi) is 7.20. The number of rotatable bonds is 9. The fraction of sp³-hybridized carbons (Fsp3) is 0.400. The monoisotopic (exact) mass is 434 g/mol. The number of carbonyl (C=O) groups is 1. The summed E-state index contributed by atoms with van der Waals surface area (Å²) >= 11 is 1.56. The molecule has 1 amide bonds. The van der Waals surface area contributed by atoms with E-state index in [4.69, 9.17) is 0 Å². The van der Waals surface area contributed by atoms with Gasteiger partial charge in [0.1, 0.15) is 5.82 Å². The minimum absolute atomic E-state index is 0.0585. The molecule has 2 aromatic heterocycles. The zero-order valence-corrected chi connectivity index (χ0v) is 17.9. The molecule has 1 aromatic carbocycles. The quantitative estimate of drug-likeness (QED) is 0.393. The number of carbonyl (C=O) groups excluding carboxylic acids is 1. The van der Waals surface area contributed by atoms with Crippen molar-refractivity contribution in [1.82, 2.24) is 25.1 Å². The van der Waals surface area contributed by atoms with Crippen molar-refractivity contribution >= 4 is 34.5 Å². The third-order valence-corrected chi connectivity index (χ3v) is 5.02. The van der Waals surface area contributed by atoms with Crippen molar-refractivity contribution in [1.29, 1.82) is 0 Å². The highest BCUT2D eigenvalue weighted by Gasteiger charge is 2.15. The summed E-state index contributed by atoms with van der Waals surface area (Å²) in [5, 5.41) is 12.2. The van der Waals surface area contributed by atoms with Gasteiger partial charge in [0.15, 0.2) is 22.4 Å². The van der Waals surface area contributed by atoms with Crippen LogP contribution in [0, 0.1) is 11.6 Å². The van der Waals surface area contributed by atoms with Crippen molar-refractivity contribution < 1.29 is 13.6 Å². The van der Waals surface area contributed by atoms with Gasteiger partial charge in [-0.25, -0.2) is 23.4 Å². The summed E-state index contributed by atoms with van der Waals surface area (Å²) in [4.78, 5) is 21.4. The second kappa shape index (κ2) is 9.84. The lowest BCUT2D eigenvalue weighted by Crippen LogP contribution is -2.27. The average molecular weight is 435 g/mol. The van der Waals surface area contributed by atoms with Crippen LogP contribution in [0.25, 0.3) is 11.0 Å². The van der Waals surface area contributed by atoms with Gasteiger partial charge >= 0.3 is 0 Å². The van der Waals surface area contributed by atoms with E-state index in [-0.39, 0.29) is 12.1 Å². The predicted octanol–water partition coefficient (Wildman–Crippen LogP) is 3.86. The zero-order valence-electron chi connectivity index (χ0n) is 17.1. The molecule has 7 nitrogen and oxygen atoms in total.